The van der Waals surface area contributed by atoms with Crippen molar-refractivity contribution < 1.29 is 14.5 Å². The molecule has 126 valence electrons. The van der Waals surface area contributed by atoms with Gasteiger partial charge in [-0.15, -0.1) is 0 Å². The summed E-state index contributed by atoms with van der Waals surface area (Å²) in [5.41, 5.74) is 0.439. The Labute approximate surface area is 138 Å². The Morgan fingerprint density at radius 2 is 1.87 bits per heavy atom. The van der Waals surface area contributed by atoms with Gasteiger partial charge in [-0.3, -0.25) is 4.79 Å². The molecule has 0 bridgehead atoms. The van der Waals surface area contributed by atoms with Gasteiger partial charge >= 0.3 is 6.03 Å². The van der Waals surface area contributed by atoms with Gasteiger partial charge in [0.25, 0.3) is 5.91 Å². The van der Waals surface area contributed by atoms with E-state index in [1.54, 1.807) is 0 Å². The molecule has 5 heteroatoms. The third-order valence-electron chi connectivity index (χ3n) is 4.34. The Kier molecular flexibility index (Phi) is 5.42. The molecule has 2 N–H and O–H groups in total. The molecule has 0 radical (unpaired) electrons. The minimum atomic E-state index is -0.756. The first-order valence-electron chi connectivity index (χ1n) is 8.31. The van der Waals surface area contributed by atoms with E-state index in [1.807, 2.05) is 32.2 Å². The lowest BCUT2D eigenvalue weighted by Gasteiger charge is -2.23. The fraction of sp³-hybridized carbons (Fsp3) is 0.556. The number of benzene rings is 1. The standard InChI is InChI=1S/C18H27N3O2/c1-14(2)10-11-18(3)16(22)21(17(23)19-18)13-20(4)12-15-8-6-5-7-9-15/h5-9,14H,10-13H2,1-4H3,(H,19,23)/p+1/t18-/m0/s1. The predicted molar refractivity (Wildman–Crippen MR) is 89.8 cm³/mol. The van der Waals surface area contributed by atoms with E-state index in [9.17, 15) is 9.59 Å². The Balaban J connectivity index is 1.97. The van der Waals surface area contributed by atoms with Crippen LogP contribution >= 0.6 is 0 Å². The molecule has 0 aromatic heterocycles. The van der Waals surface area contributed by atoms with Gasteiger partial charge in [0, 0.05) is 5.56 Å². The van der Waals surface area contributed by atoms with Crippen LogP contribution in [-0.2, 0) is 11.3 Å². The third kappa shape index (κ3) is 4.32. The van der Waals surface area contributed by atoms with Crippen LogP contribution in [0.5, 0.6) is 0 Å². The number of imide groups is 1. The number of quaternary nitrogens is 1. The molecule has 0 saturated carbocycles. The van der Waals surface area contributed by atoms with Crippen molar-refractivity contribution in [3.8, 4) is 0 Å². The zero-order chi connectivity index (χ0) is 17.0. The van der Waals surface area contributed by atoms with Crippen molar-refractivity contribution in [2.45, 2.75) is 45.7 Å². The van der Waals surface area contributed by atoms with Crippen molar-refractivity contribution >= 4 is 11.9 Å². The molecule has 1 aliphatic heterocycles. The van der Waals surface area contributed by atoms with Crippen LogP contribution in [0.3, 0.4) is 0 Å². The molecule has 2 rings (SSSR count). The summed E-state index contributed by atoms with van der Waals surface area (Å²) in [5, 5.41) is 2.88. The van der Waals surface area contributed by atoms with Crippen molar-refractivity contribution in [3.63, 3.8) is 0 Å². The van der Waals surface area contributed by atoms with Crippen molar-refractivity contribution in [1.82, 2.24) is 10.2 Å². The van der Waals surface area contributed by atoms with Crippen molar-refractivity contribution in [1.29, 1.82) is 0 Å². The average Bonchev–Trinajstić information content (AvgIpc) is 2.70. The van der Waals surface area contributed by atoms with Gasteiger partial charge in [0.2, 0.25) is 0 Å². The van der Waals surface area contributed by atoms with E-state index in [2.05, 4.69) is 31.3 Å². The van der Waals surface area contributed by atoms with Gasteiger partial charge in [0.1, 0.15) is 12.1 Å². The first kappa shape index (κ1) is 17.5. The number of amides is 3. The van der Waals surface area contributed by atoms with E-state index in [4.69, 9.17) is 0 Å². The zero-order valence-corrected chi connectivity index (χ0v) is 14.6. The topological polar surface area (TPSA) is 53.9 Å². The zero-order valence-electron chi connectivity index (χ0n) is 14.6. The van der Waals surface area contributed by atoms with Gasteiger partial charge in [-0.1, -0.05) is 44.2 Å². The first-order valence-corrected chi connectivity index (χ1v) is 8.31. The van der Waals surface area contributed by atoms with Crippen LogP contribution in [0.4, 0.5) is 4.79 Å². The Hall–Kier alpha value is -1.88. The highest BCUT2D eigenvalue weighted by atomic mass is 16.2. The van der Waals surface area contributed by atoms with Crippen LogP contribution in [0.15, 0.2) is 30.3 Å². The maximum absolute atomic E-state index is 12.7. The predicted octanol–water partition coefficient (Wildman–Crippen LogP) is 1.41. The SMILES string of the molecule is CC(C)CC[C@]1(C)NC(=O)N(C[NH+](C)Cc2ccccc2)C1=O. The molecule has 0 aliphatic carbocycles. The lowest BCUT2D eigenvalue weighted by molar-refractivity contribution is -0.901. The Morgan fingerprint density at radius 3 is 2.48 bits per heavy atom. The Bertz CT molecular complexity index is 559. The highest BCUT2D eigenvalue weighted by Gasteiger charge is 2.48. The van der Waals surface area contributed by atoms with E-state index in [-0.39, 0.29) is 11.9 Å². The monoisotopic (exact) mass is 318 g/mol. The normalized spacial score (nSPS) is 22.6. The number of hydrogen-bond donors (Lipinski definition) is 2. The van der Waals surface area contributed by atoms with Crippen molar-refractivity contribution in [2.75, 3.05) is 13.7 Å². The van der Waals surface area contributed by atoms with E-state index < -0.39 is 5.54 Å². The molecule has 1 saturated heterocycles. The second-order valence-corrected chi connectivity index (χ2v) is 7.21. The van der Waals surface area contributed by atoms with Crippen molar-refractivity contribution in [3.05, 3.63) is 35.9 Å². The van der Waals surface area contributed by atoms with Gasteiger partial charge in [-0.2, -0.15) is 0 Å². The molecule has 1 aromatic carbocycles. The quantitative estimate of drug-likeness (QED) is 0.747. The van der Waals surface area contributed by atoms with E-state index in [0.717, 1.165) is 17.9 Å². The van der Waals surface area contributed by atoms with Gasteiger partial charge in [-0.25, -0.2) is 9.69 Å². The summed E-state index contributed by atoms with van der Waals surface area (Å²) in [5.74, 6) is 0.410. The van der Waals surface area contributed by atoms with E-state index in [0.29, 0.717) is 19.0 Å². The molecule has 1 heterocycles. The summed E-state index contributed by atoms with van der Waals surface area (Å²) in [4.78, 5) is 27.3. The van der Waals surface area contributed by atoms with Crippen LogP contribution < -0.4 is 10.2 Å². The molecular formula is C18H28N3O2+. The maximum Gasteiger partial charge on any atom is 0.329 e. The number of carbonyl (C=O) groups excluding carboxylic acids is 2. The highest BCUT2D eigenvalue weighted by molar-refractivity contribution is 6.06. The summed E-state index contributed by atoms with van der Waals surface area (Å²) < 4.78 is 0. The number of urea groups is 1. The molecular weight excluding hydrogens is 290 g/mol. The first-order chi connectivity index (χ1) is 10.8. The Morgan fingerprint density at radius 1 is 1.22 bits per heavy atom. The van der Waals surface area contributed by atoms with Gasteiger partial charge in [0.15, 0.2) is 6.67 Å². The van der Waals surface area contributed by atoms with Gasteiger partial charge in [-0.05, 0) is 25.7 Å². The van der Waals surface area contributed by atoms with E-state index >= 15 is 0 Å². The number of nitrogens with one attached hydrogen (secondary N) is 2. The average molecular weight is 318 g/mol. The number of carbonyl (C=O) groups is 2. The largest absolute Gasteiger partial charge is 0.329 e. The molecule has 3 amide bonds. The molecule has 1 aromatic rings. The van der Waals surface area contributed by atoms with E-state index in [1.165, 1.54) is 10.5 Å². The second-order valence-electron chi connectivity index (χ2n) is 7.21. The number of nitrogens with zero attached hydrogens (tertiary/aromatic N) is 1. The lowest BCUT2D eigenvalue weighted by Crippen LogP contribution is -3.09. The van der Waals surface area contributed by atoms with Crippen LogP contribution in [0.2, 0.25) is 0 Å². The summed E-state index contributed by atoms with van der Waals surface area (Å²) in [6, 6.07) is 9.83. The molecule has 23 heavy (non-hydrogen) atoms. The molecule has 1 fully saturated rings. The molecule has 1 aliphatic rings. The van der Waals surface area contributed by atoms with Crippen LogP contribution in [0, 0.1) is 5.92 Å². The van der Waals surface area contributed by atoms with Crippen LogP contribution in [-0.4, -0.2) is 36.1 Å². The third-order valence-corrected chi connectivity index (χ3v) is 4.34. The fourth-order valence-electron chi connectivity index (χ4n) is 2.91. The highest BCUT2D eigenvalue weighted by Crippen LogP contribution is 2.23. The summed E-state index contributed by atoms with van der Waals surface area (Å²) >= 11 is 0. The lowest BCUT2D eigenvalue weighted by atomic mass is 9.92. The summed E-state index contributed by atoms with van der Waals surface area (Å²) in [6.07, 6.45) is 1.60. The minimum absolute atomic E-state index is 0.101. The van der Waals surface area contributed by atoms with Crippen LogP contribution in [0.25, 0.3) is 0 Å². The number of hydrogen-bond acceptors (Lipinski definition) is 2. The second kappa shape index (κ2) is 7.13. The minimum Gasteiger partial charge on any atom is -0.323 e. The molecule has 2 atom stereocenters. The molecule has 5 nitrogen and oxygen atoms in total. The number of rotatable bonds is 7. The fourth-order valence-corrected chi connectivity index (χ4v) is 2.91. The van der Waals surface area contributed by atoms with Crippen molar-refractivity contribution in [2.24, 2.45) is 5.92 Å². The maximum atomic E-state index is 12.7. The molecule has 0 spiro atoms. The summed E-state index contributed by atoms with van der Waals surface area (Å²) in [6.45, 7) is 7.25. The summed E-state index contributed by atoms with van der Waals surface area (Å²) in [7, 11) is 2.00. The van der Waals surface area contributed by atoms with Gasteiger partial charge < -0.3 is 10.2 Å². The molecule has 1 unspecified atom stereocenters. The smallest absolute Gasteiger partial charge is 0.323 e. The van der Waals surface area contributed by atoms with Gasteiger partial charge in [0.05, 0.1) is 7.05 Å². The van der Waals surface area contributed by atoms with Crippen LogP contribution in [0.1, 0.15) is 39.2 Å².